The van der Waals surface area contributed by atoms with Crippen molar-refractivity contribution in [3.8, 4) is 6.01 Å². The highest BCUT2D eigenvalue weighted by molar-refractivity contribution is 5.95. The van der Waals surface area contributed by atoms with E-state index in [1.165, 1.54) is 16.7 Å². The number of aromatic nitrogens is 4. The maximum absolute atomic E-state index is 13.4. The predicted octanol–water partition coefficient (Wildman–Crippen LogP) is 2.11. The third-order valence-electron chi connectivity index (χ3n) is 4.85. The van der Waals surface area contributed by atoms with Crippen molar-refractivity contribution in [1.82, 2.24) is 18.7 Å². The van der Waals surface area contributed by atoms with E-state index in [1.54, 1.807) is 38.1 Å². The number of allylic oxidation sites excluding steroid dienone is 2. The molecule has 0 spiro atoms. The van der Waals surface area contributed by atoms with Gasteiger partial charge in [-0.3, -0.25) is 23.3 Å². The molecule has 2 heterocycles. The first-order chi connectivity index (χ1) is 16.0. The Hall–Kier alpha value is -3.67. The van der Waals surface area contributed by atoms with Crippen LogP contribution in [0.4, 0.5) is 13.2 Å². The Bertz CT molecular complexity index is 1330. The number of hydrogen-bond acceptors (Lipinski definition) is 6. The first-order valence-corrected chi connectivity index (χ1v) is 10.4. The van der Waals surface area contributed by atoms with E-state index in [4.69, 9.17) is 10.5 Å². The molecule has 3 aromatic rings. The number of fused-ring (bicyclic) bond motifs is 1. The Morgan fingerprint density at radius 1 is 1.12 bits per heavy atom. The molecular formula is C22H24F3N5O4. The van der Waals surface area contributed by atoms with E-state index < -0.39 is 41.9 Å². The molecule has 0 radical (unpaired) electrons. The first-order valence-electron chi connectivity index (χ1n) is 10.4. The topological polar surface area (TPSA) is 114 Å². The van der Waals surface area contributed by atoms with Crippen molar-refractivity contribution in [2.24, 2.45) is 5.73 Å². The highest BCUT2D eigenvalue weighted by Crippen LogP contribution is 2.22. The van der Waals surface area contributed by atoms with Gasteiger partial charge in [0, 0.05) is 18.7 Å². The second kappa shape index (κ2) is 10.1. The largest absolute Gasteiger partial charge is 0.463 e. The van der Waals surface area contributed by atoms with Crippen LogP contribution in [0.3, 0.4) is 0 Å². The predicted molar refractivity (Wildman–Crippen MR) is 119 cm³/mol. The van der Waals surface area contributed by atoms with Crippen LogP contribution in [0.15, 0.2) is 51.6 Å². The number of benzene rings is 1. The van der Waals surface area contributed by atoms with E-state index >= 15 is 0 Å². The molecule has 0 atom stereocenters. The van der Waals surface area contributed by atoms with Crippen molar-refractivity contribution < 1.29 is 22.7 Å². The summed E-state index contributed by atoms with van der Waals surface area (Å²) in [5.41, 5.74) is 3.54. The van der Waals surface area contributed by atoms with Crippen molar-refractivity contribution >= 4 is 16.9 Å². The summed E-state index contributed by atoms with van der Waals surface area (Å²) in [7, 11) is 0. The van der Waals surface area contributed by atoms with Crippen LogP contribution in [0.2, 0.25) is 0 Å². The fraction of sp³-hybridized carbons (Fsp3) is 0.364. The number of nitrogens with zero attached hydrogens (tertiary/aromatic N) is 4. The van der Waals surface area contributed by atoms with Gasteiger partial charge in [-0.2, -0.15) is 18.2 Å². The molecule has 34 heavy (non-hydrogen) atoms. The molecule has 0 fully saturated rings. The lowest BCUT2D eigenvalue weighted by Crippen LogP contribution is -2.44. The van der Waals surface area contributed by atoms with Gasteiger partial charge in [0.15, 0.2) is 16.9 Å². The number of Topliss-reactive ketones (excluding diaryl/α,β-unsaturated/α-hetero) is 1. The average Bonchev–Trinajstić information content (AvgIpc) is 3.14. The van der Waals surface area contributed by atoms with E-state index in [0.29, 0.717) is 9.13 Å². The second-order valence-corrected chi connectivity index (χ2v) is 7.76. The van der Waals surface area contributed by atoms with Gasteiger partial charge in [0.2, 0.25) is 0 Å². The summed E-state index contributed by atoms with van der Waals surface area (Å²) in [5, 5.41) is 0. The molecule has 0 amide bonds. The molecule has 0 bridgehead atoms. The lowest BCUT2D eigenvalue weighted by Gasteiger charge is -2.13. The van der Waals surface area contributed by atoms with Crippen molar-refractivity contribution in [2.45, 2.75) is 39.7 Å². The standard InChI is InChI=1S/C22H24F3N5O4/c1-14(2)8-10-28-17-18(27-20(28)34-11-9-26)30(13-22(23,24)25)21(33)29(19(17)32)12-16(31)15-6-4-3-5-7-15/h3-8H,9-13,26H2,1-2H3. The zero-order valence-corrected chi connectivity index (χ0v) is 18.6. The summed E-state index contributed by atoms with van der Waals surface area (Å²) in [6, 6.07) is 7.68. The van der Waals surface area contributed by atoms with Crippen molar-refractivity contribution in [3.63, 3.8) is 0 Å². The van der Waals surface area contributed by atoms with Gasteiger partial charge < -0.3 is 10.5 Å². The lowest BCUT2D eigenvalue weighted by molar-refractivity contribution is -0.140. The quantitative estimate of drug-likeness (QED) is 0.372. The monoisotopic (exact) mass is 479 g/mol. The van der Waals surface area contributed by atoms with Gasteiger partial charge in [0.05, 0.1) is 6.54 Å². The third kappa shape index (κ3) is 5.45. The second-order valence-electron chi connectivity index (χ2n) is 7.76. The van der Waals surface area contributed by atoms with Crippen LogP contribution in [-0.4, -0.2) is 43.8 Å². The molecule has 0 saturated heterocycles. The highest BCUT2D eigenvalue weighted by atomic mass is 19.4. The van der Waals surface area contributed by atoms with Crippen LogP contribution >= 0.6 is 0 Å². The summed E-state index contributed by atoms with van der Waals surface area (Å²) in [5.74, 6) is -0.604. The number of carbonyl (C=O) groups excluding carboxylic acids is 1. The number of imidazole rings is 1. The Morgan fingerprint density at radius 2 is 1.79 bits per heavy atom. The number of halogens is 3. The number of carbonyl (C=O) groups is 1. The van der Waals surface area contributed by atoms with Crippen LogP contribution in [0.25, 0.3) is 11.2 Å². The van der Waals surface area contributed by atoms with Gasteiger partial charge in [0.1, 0.15) is 13.2 Å². The Balaban J connectivity index is 2.30. The Kier molecular flexibility index (Phi) is 7.40. The van der Waals surface area contributed by atoms with Crippen LogP contribution in [0.5, 0.6) is 6.01 Å². The number of alkyl halides is 3. The molecule has 0 unspecified atom stereocenters. The molecule has 0 aliphatic heterocycles. The van der Waals surface area contributed by atoms with Gasteiger partial charge in [0.25, 0.3) is 11.6 Å². The molecule has 3 rings (SSSR count). The summed E-state index contributed by atoms with van der Waals surface area (Å²) in [4.78, 5) is 43.1. The van der Waals surface area contributed by atoms with E-state index in [-0.39, 0.29) is 36.8 Å². The average molecular weight is 479 g/mol. The van der Waals surface area contributed by atoms with Gasteiger partial charge in [-0.15, -0.1) is 0 Å². The van der Waals surface area contributed by atoms with E-state index in [9.17, 15) is 27.6 Å². The minimum atomic E-state index is -4.79. The minimum Gasteiger partial charge on any atom is -0.463 e. The molecule has 2 N–H and O–H groups in total. The van der Waals surface area contributed by atoms with Crippen LogP contribution in [0, 0.1) is 0 Å². The van der Waals surface area contributed by atoms with E-state index in [0.717, 1.165) is 5.57 Å². The number of rotatable bonds is 9. The molecule has 12 heteroatoms. The van der Waals surface area contributed by atoms with Crippen LogP contribution in [0.1, 0.15) is 24.2 Å². The van der Waals surface area contributed by atoms with Gasteiger partial charge in [-0.05, 0) is 13.8 Å². The first kappa shape index (κ1) is 25.0. The van der Waals surface area contributed by atoms with Crippen molar-refractivity contribution in [2.75, 3.05) is 13.2 Å². The molecule has 0 aliphatic carbocycles. The van der Waals surface area contributed by atoms with E-state index in [2.05, 4.69) is 4.98 Å². The fourth-order valence-corrected chi connectivity index (χ4v) is 3.29. The molecule has 0 saturated carbocycles. The zero-order chi connectivity index (χ0) is 25.0. The zero-order valence-electron chi connectivity index (χ0n) is 18.6. The summed E-state index contributed by atoms with van der Waals surface area (Å²) in [6.45, 7) is 1.30. The highest BCUT2D eigenvalue weighted by Gasteiger charge is 2.32. The molecule has 9 nitrogen and oxygen atoms in total. The number of ether oxygens (including phenoxy) is 1. The molecule has 1 aromatic carbocycles. The van der Waals surface area contributed by atoms with Crippen molar-refractivity contribution in [3.05, 3.63) is 68.4 Å². The molecular weight excluding hydrogens is 455 g/mol. The maximum Gasteiger partial charge on any atom is 0.406 e. The van der Waals surface area contributed by atoms with E-state index in [1.807, 2.05) is 0 Å². The normalized spacial score (nSPS) is 11.6. The number of nitrogens with two attached hydrogens (primary N) is 1. The smallest absolute Gasteiger partial charge is 0.406 e. The fourth-order valence-electron chi connectivity index (χ4n) is 3.29. The van der Waals surface area contributed by atoms with Crippen LogP contribution in [-0.2, 0) is 19.6 Å². The molecule has 0 aliphatic rings. The molecule has 2 aromatic heterocycles. The SMILES string of the molecule is CC(C)=CCn1c(OCCN)nc2c1c(=O)n(CC(=O)c1ccccc1)c(=O)n2CC(F)(F)F. The summed E-state index contributed by atoms with van der Waals surface area (Å²) >= 11 is 0. The number of ketones is 1. The van der Waals surface area contributed by atoms with Gasteiger partial charge >= 0.3 is 11.9 Å². The number of hydrogen-bond donors (Lipinski definition) is 1. The van der Waals surface area contributed by atoms with Gasteiger partial charge in [-0.1, -0.05) is 42.0 Å². The Labute approximate surface area is 191 Å². The van der Waals surface area contributed by atoms with Gasteiger partial charge in [-0.25, -0.2) is 4.79 Å². The van der Waals surface area contributed by atoms with Crippen molar-refractivity contribution in [1.29, 1.82) is 0 Å². The van der Waals surface area contributed by atoms with Crippen LogP contribution < -0.4 is 21.7 Å². The lowest BCUT2D eigenvalue weighted by atomic mass is 10.1. The third-order valence-corrected chi connectivity index (χ3v) is 4.85. The minimum absolute atomic E-state index is 0.0116. The molecule has 182 valence electrons. The summed E-state index contributed by atoms with van der Waals surface area (Å²) < 4.78 is 47.7. The summed E-state index contributed by atoms with van der Waals surface area (Å²) in [6.07, 6.45) is -3.07. The maximum atomic E-state index is 13.4. The Morgan fingerprint density at radius 3 is 2.38 bits per heavy atom.